The Labute approximate surface area is 123 Å². The number of hydrogen-bond donors (Lipinski definition) is 1. The molecular formula is C14H14F3N3O2. The summed E-state index contributed by atoms with van der Waals surface area (Å²) in [6.45, 7) is 1.42. The summed E-state index contributed by atoms with van der Waals surface area (Å²) in [5, 5.41) is 2.55. The van der Waals surface area contributed by atoms with Crippen LogP contribution >= 0.6 is 0 Å². The summed E-state index contributed by atoms with van der Waals surface area (Å²) in [5.41, 5.74) is -2.49. The maximum absolute atomic E-state index is 13.2. The smallest absolute Gasteiger partial charge is 0.316 e. The van der Waals surface area contributed by atoms with Crippen LogP contribution in [0.2, 0.25) is 0 Å². The minimum atomic E-state index is -4.65. The highest BCUT2D eigenvalue weighted by molar-refractivity contribution is 5.82. The van der Waals surface area contributed by atoms with Gasteiger partial charge >= 0.3 is 11.9 Å². The average molecular weight is 313 g/mol. The molecule has 0 saturated carbocycles. The highest BCUT2D eigenvalue weighted by Gasteiger charge is 2.34. The van der Waals surface area contributed by atoms with Crippen molar-refractivity contribution in [2.75, 3.05) is 13.1 Å². The molecule has 8 heteroatoms. The van der Waals surface area contributed by atoms with E-state index in [2.05, 4.69) is 5.32 Å². The van der Waals surface area contributed by atoms with Crippen molar-refractivity contribution in [1.29, 1.82) is 0 Å². The van der Waals surface area contributed by atoms with Gasteiger partial charge in [0.05, 0.1) is 16.5 Å². The third-order valence-electron chi connectivity index (χ3n) is 3.99. The Balaban J connectivity index is 2.34. The lowest BCUT2D eigenvalue weighted by Gasteiger charge is -2.27. The number of nitrogens with one attached hydrogen (secondary N) is 1. The Morgan fingerprint density at radius 1 is 1.27 bits per heavy atom. The zero-order valence-corrected chi connectivity index (χ0v) is 11.8. The number of aryl methyl sites for hydroxylation is 1. The van der Waals surface area contributed by atoms with E-state index in [0.717, 1.165) is 15.2 Å². The first-order valence-corrected chi connectivity index (χ1v) is 6.81. The predicted molar refractivity (Wildman–Crippen MR) is 74.8 cm³/mol. The molecule has 1 aliphatic heterocycles. The van der Waals surface area contributed by atoms with Gasteiger partial charge in [0.25, 0.3) is 5.56 Å². The SMILES string of the molecule is Cn1c(=O)n(CC2CNC2)c(=O)c2c(C(F)(F)F)cccc21. The molecule has 3 rings (SSSR count). The number of rotatable bonds is 2. The van der Waals surface area contributed by atoms with Crippen LogP contribution in [0.5, 0.6) is 0 Å². The molecule has 0 bridgehead atoms. The van der Waals surface area contributed by atoms with Gasteiger partial charge < -0.3 is 5.32 Å². The molecule has 0 radical (unpaired) electrons. The van der Waals surface area contributed by atoms with Crippen molar-refractivity contribution in [3.05, 3.63) is 44.6 Å². The first kappa shape index (κ1) is 14.8. The van der Waals surface area contributed by atoms with Crippen LogP contribution in [0.15, 0.2) is 27.8 Å². The van der Waals surface area contributed by atoms with Gasteiger partial charge in [0.15, 0.2) is 0 Å². The minimum absolute atomic E-state index is 0.00666. The fourth-order valence-corrected chi connectivity index (χ4v) is 2.68. The van der Waals surface area contributed by atoms with E-state index < -0.39 is 28.4 Å². The topological polar surface area (TPSA) is 56.0 Å². The van der Waals surface area contributed by atoms with Gasteiger partial charge in [0, 0.05) is 32.6 Å². The summed E-state index contributed by atoms with van der Waals surface area (Å²) in [7, 11) is 1.37. The molecule has 22 heavy (non-hydrogen) atoms. The van der Waals surface area contributed by atoms with Crippen LogP contribution in [0.1, 0.15) is 5.56 Å². The first-order valence-electron chi connectivity index (χ1n) is 6.81. The molecule has 1 N–H and O–H groups in total. The molecule has 1 saturated heterocycles. The lowest BCUT2D eigenvalue weighted by atomic mass is 10.0. The number of halogens is 3. The zero-order chi connectivity index (χ0) is 16.1. The molecule has 0 amide bonds. The second-order valence-electron chi connectivity index (χ2n) is 5.48. The van der Waals surface area contributed by atoms with Crippen molar-refractivity contribution >= 4 is 10.9 Å². The lowest BCUT2D eigenvalue weighted by Crippen LogP contribution is -2.49. The normalized spacial score (nSPS) is 16.0. The Kier molecular flexibility index (Phi) is 3.36. The highest BCUT2D eigenvalue weighted by Crippen LogP contribution is 2.32. The fourth-order valence-electron chi connectivity index (χ4n) is 2.68. The van der Waals surface area contributed by atoms with Gasteiger partial charge in [0.2, 0.25) is 0 Å². The summed E-state index contributed by atoms with van der Waals surface area (Å²) in [6, 6.07) is 3.41. The number of fused-ring (bicyclic) bond motifs is 1. The van der Waals surface area contributed by atoms with Crippen molar-refractivity contribution in [2.24, 2.45) is 13.0 Å². The molecule has 118 valence electrons. The Bertz CT molecular complexity index is 847. The molecule has 2 aromatic rings. The standard InChI is InChI=1S/C14H14F3N3O2/c1-19-10-4-2-3-9(14(15,16)17)11(10)12(21)20(13(19)22)7-8-5-18-6-8/h2-4,8,18H,5-7H2,1H3. The first-order chi connectivity index (χ1) is 10.3. The predicted octanol–water partition coefficient (Wildman–Crippen LogP) is 0.938. The van der Waals surface area contributed by atoms with Crippen LogP contribution in [0.25, 0.3) is 10.9 Å². The van der Waals surface area contributed by atoms with Gasteiger partial charge in [-0.1, -0.05) is 6.07 Å². The van der Waals surface area contributed by atoms with E-state index >= 15 is 0 Å². The highest BCUT2D eigenvalue weighted by atomic mass is 19.4. The van der Waals surface area contributed by atoms with Gasteiger partial charge in [-0.2, -0.15) is 13.2 Å². The summed E-state index contributed by atoms with van der Waals surface area (Å²) in [6.07, 6.45) is -4.65. The van der Waals surface area contributed by atoms with Crippen LogP contribution in [-0.4, -0.2) is 22.2 Å². The largest absolute Gasteiger partial charge is 0.417 e. The Hall–Kier alpha value is -2.09. The van der Waals surface area contributed by atoms with Gasteiger partial charge in [-0.3, -0.25) is 13.9 Å². The fraction of sp³-hybridized carbons (Fsp3) is 0.429. The van der Waals surface area contributed by atoms with E-state index in [1.54, 1.807) is 0 Å². The van der Waals surface area contributed by atoms with Crippen molar-refractivity contribution in [2.45, 2.75) is 12.7 Å². The number of benzene rings is 1. The Morgan fingerprint density at radius 2 is 1.95 bits per heavy atom. The van der Waals surface area contributed by atoms with E-state index in [1.165, 1.54) is 19.2 Å². The van der Waals surface area contributed by atoms with Gasteiger partial charge in [0.1, 0.15) is 0 Å². The monoisotopic (exact) mass is 313 g/mol. The minimum Gasteiger partial charge on any atom is -0.316 e. The molecule has 2 heterocycles. The number of alkyl halides is 3. The quantitative estimate of drug-likeness (QED) is 0.898. The van der Waals surface area contributed by atoms with Crippen LogP contribution in [0.4, 0.5) is 13.2 Å². The molecule has 5 nitrogen and oxygen atoms in total. The molecule has 0 aliphatic carbocycles. The molecule has 1 aliphatic rings. The molecular weight excluding hydrogens is 299 g/mol. The van der Waals surface area contributed by atoms with Crippen molar-refractivity contribution in [3.8, 4) is 0 Å². The van der Waals surface area contributed by atoms with Crippen molar-refractivity contribution in [3.63, 3.8) is 0 Å². The van der Waals surface area contributed by atoms with E-state index in [4.69, 9.17) is 0 Å². The third kappa shape index (κ3) is 2.23. The zero-order valence-electron chi connectivity index (χ0n) is 11.8. The number of nitrogens with zero attached hydrogens (tertiary/aromatic N) is 2. The van der Waals surface area contributed by atoms with E-state index in [9.17, 15) is 22.8 Å². The summed E-state index contributed by atoms with van der Waals surface area (Å²) >= 11 is 0. The maximum Gasteiger partial charge on any atom is 0.417 e. The van der Waals surface area contributed by atoms with Crippen LogP contribution < -0.4 is 16.6 Å². The molecule has 1 fully saturated rings. The second kappa shape index (κ2) is 4.98. The van der Waals surface area contributed by atoms with Gasteiger partial charge in [-0.15, -0.1) is 0 Å². The molecule has 0 atom stereocenters. The van der Waals surface area contributed by atoms with Crippen molar-refractivity contribution in [1.82, 2.24) is 14.5 Å². The molecule has 1 aromatic carbocycles. The molecule has 0 unspecified atom stereocenters. The molecule has 0 spiro atoms. The third-order valence-corrected chi connectivity index (χ3v) is 3.99. The van der Waals surface area contributed by atoms with E-state index in [-0.39, 0.29) is 18.0 Å². The van der Waals surface area contributed by atoms with Crippen LogP contribution in [0.3, 0.4) is 0 Å². The van der Waals surface area contributed by atoms with E-state index in [1.807, 2.05) is 0 Å². The maximum atomic E-state index is 13.2. The van der Waals surface area contributed by atoms with E-state index in [0.29, 0.717) is 13.1 Å². The van der Waals surface area contributed by atoms with Gasteiger partial charge in [-0.05, 0) is 12.1 Å². The Morgan fingerprint density at radius 3 is 2.50 bits per heavy atom. The summed E-state index contributed by atoms with van der Waals surface area (Å²) in [4.78, 5) is 24.7. The van der Waals surface area contributed by atoms with Gasteiger partial charge in [-0.25, -0.2) is 4.79 Å². The second-order valence-corrected chi connectivity index (χ2v) is 5.48. The number of aromatic nitrogens is 2. The summed E-state index contributed by atoms with van der Waals surface area (Å²) in [5.74, 6) is 0.0842. The average Bonchev–Trinajstić information content (AvgIpc) is 2.41. The summed E-state index contributed by atoms with van der Waals surface area (Å²) < 4.78 is 41.5. The number of hydrogen-bond acceptors (Lipinski definition) is 3. The van der Waals surface area contributed by atoms with Crippen LogP contribution in [-0.2, 0) is 19.8 Å². The van der Waals surface area contributed by atoms with Crippen LogP contribution in [0, 0.1) is 5.92 Å². The molecule has 1 aromatic heterocycles. The lowest BCUT2D eigenvalue weighted by molar-refractivity contribution is -0.136. The van der Waals surface area contributed by atoms with Crippen molar-refractivity contribution < 1.29 is 13.2 Å².